The van der Waals surface area contributed by atoms with Gasteiger partial charge in [0.05, 0.1) is 25.4 Å². The number of aliphatic hydroxyl groups excluding tert-OH is 1. The molecular weight excluding hydrogens is 1320 g/mol. The highest BCUT2D eigenvalue weighted by Gasteiger charge is 2.48. The van der Waals surface area contributed by atoms with Gasteiger partial charge < -0.3 is 70.1 Å². The van der Waals surface area contributed by atoms with E-state index in [4.69, 9.17) is 9.47 Å². The molecule has 3 saturated heterocycles. The Kier molecular flexibility index (Phi) is 33.1. The summed E-state index contributed by atoms with van der Waals surface area (Å²) in [6, 6.07) is -12.2. The molecule has 2 aromatic rings. The molecule has 580 valence electrons. The van der Waals surface area contributed by atoms with Crippen LogP contribution < -0.4 is 21.3 Å². The van der Waals surface area contributed by atoms with E-state index >= 15 is 38.4 Å². The lowest BCUT2D eigenvalue weighted by Crippen LogP contribution is -2.65. The van der Waals surface area contributed by atoms with Gasteiger partial charge in [-0.25, -0.2) is 9.67 Å². The van der Waals surface area contributed by atoms with Crippen LogP contribution in [0.4, 0.5) is 0 Å². The van der Waals surface area contributed by atoms with Gasteiger partial charge in [0.15, 0.2) is 0 Å². The average Bonchev–Trinajstić information content (AvgIpc) is 1.38. The Morgan fingerprint density at radius 3 is 1.77 bits per heavy atom. The number of nitrogens with one attached hydrogen (secondary N) is 4. The third kappa shape index (κ3) is 22.3. The lowest BCUT2D eigenvalue weighted by molar-refractivity contribution is -0.159. The number of morpholine rings is 1. The number of fused-ring (bicyclic) bond motifs is 4. The predicted octanol–water partition coefficient (Wildman–Crippen LogP) is 2.68. The normalized spacial score (nSPS) is 27.4. The number of carbonyl (C=O) groups excluding carboxylic acids is 11. The minimum Gasteiger partial charge on any atom is -0.390 e. The number of hydrogen-bond donors (Lipinski definition) is 5. The second-order valence-electron chi connectivity index (χ2n) is 30.4. The van der Waals surface area contributed by atoms with E-state index in [-0.39, 0.29) is 44.1 Å². The summed E-state index contributed by atoms with van der Waals surface area (Å²) in [5.74, 6) is -10.3. The molecule has 103 heavy (non-hydrogen) atoms. The van der Waals surface area contributed by atoms with Crippen molar-refractivity contribution in [1.29, 1.82) is 0 Å². The van der Waals surface area contributed by atoms with Crippen LogP contribution in [-0.2, 0) is 68.8 Å². The Hall–Kier alpha value is -7.44. The summed E-state index contributed by atoms with van der Waals surface area (Å²) >= 11 is 0. The highest BCUT2D eigenvalue weighted by molar-refractivity contribution is 6.00. The summed E-state index contributed by atoms with van der Waals surface area (Å²) in [4.78, 5) is 182. The molecule has 5 heterocycles. The predicted molar refractivity (Wildman–Crippen MR) is 389 cm³/mol. The zero-order chi connectivity index (χ0) is 77.2. The van der Waals surface area contributed by atoms with Crippen LogP contribution in [0.2, 0.25) is 0 Å². The van der Waals surface area contributed by atoms with Crippen molar-refractivity contribution in [3.05, 3.63) is 18.3 Å². The maximum atomic E-state index is 15.7. The summed E-state index contributed by atoms with van der Waals surface area (Å²) < 4.78 is 13.7. The van der Waals surface area contributed by atoms with Gasteiger partial charge in [-0.2, -0.15) is 0 Å². The molecular formula is C73H124N16O14. The minimum absolute atomic E-state index is 0.0319. The molecule has 0 aromatic carbocycles. The largest absolute Gasteiger partial charge is 0.390 e. The molecule has 0 spiro atoms. The number of aromatic nitrogens is 4. The van der Waals surface area contributed by atoms with Gasteiger partial charge >= 0.3 is 0 Å². The van der Waals surface area contributed by atoms with Crippen molar-refractivity contribution < 1.29 is 67.3 Å². The van der Waals surface area contributed by atoms with Crippen LogP contribution in [0.3, 0.4) is 0 Å². The van der Waals surface area contributed by atoms with Gasteiger partial charge in [0, 0.05) is 80.8 Å². The maximum Gasteiger partial charge on any atom is 0.246 e. The summed E-state index contributed by atoms with van der Waals surface area (Å²) in [6.45, 7) is 29.8. The summed E-state index contributed by atoms with van der Waals surface area (Å²) in [7, 11) is 8.51. The number of ether oxygens (including phenoxy) is 2. The number of carbonyl (C=O) groups is 11. The first-order valence-corrected chi connectivity index (χ1v) is 37.3. The van der Waals surface area contributed by atoms with Crippen LogP contribution in [0.25, 0.3) is 11.2 Å². The Bertz CT molecular complexity index is 3200. The smallest absolute Gasteiger partial charge is 0.246 e. The Morgan fingerprint density at radius 1 is 0.573 bits per heavy atom. The molecule has 5 N–H and O–H groups in total. The van der Waals surface area contributed by atoms with Crippen molar-refractivity contribution in [3.8, 4) is 0 Å². The first kappa shape index (κ1) is 86.2. The fraction of sp³-hybridized carbons (Fsp3) is 0.781. The Morgan fingerprint density at radius 2 is 1.16 bits per heavy atom. The van der Waals surface area contributed by atoms with Gasteiger partial charge in [-0.1, -0.05) is 87.3 Å². The number of aliphatic hydroxyl groups is 1. The van der Waals surface area contributed by atoms with E-state index in [1.54, 1.807) is 72.3 Å². The minimum atomic E-state index is -1.75. The first-order valence-electron chi connectivity index (χ1n) is 37.3. The third-order valence-electron chi connectivity index (χ3n) is 20.9. The Labute approximate surface area is 610 Å². The number of amides is 11. The molecule has 0 aliphatic carbocycles. The zero-order valence-corrected chi connectivity index (χ0v) is 65.3. The molecule has 11 amide bonds. The lowest BCUT2D eigenvalue weighted by Gasteiger charge is -2.45. The van der Waals surface area contributed by atoms with Crippen molar-refractivity contribution in [2.24, 2.45) is 29.6 Å². The molecule has 2 bridgehead atoms. The van der Waals surface area contributed by atoms with Gasteiger partial charge in [0.2, 0.25) is 70.6 Å². The molecule has 0 saturated carbocycles. The highest BCUT2D eigenvalue weighted by Crippen LogP contribution is 2.28. The number of likely N-dealkylation sites (N-methyl/N-ethyl adjacent to an activating group) is 6. The van der Waals surface area contributed by atoms with Crippen molar-refractivity contribution in [1.82, 2.24) is 80.4 Å². The molecule has 3 aliphatic heterocycles. The van der Waals surface area contributed by atoms with Crippen molar-refractivity contribution in [3.63, 3.8) is 0 Å². The zero-order valence-electron chi connectivity index (χ0n) is 65.3. The summed E-state index contributed by atoms with van der Waals surface area (Å²) in [5, 5.41) is 32.2. The molecule has 5 rings (SSSR count). The van der Waals surface area contributed by atoms with Crippen molar-refractivity contribution >= 4 is 76.1 Å². The van der Waals surface area contributed by atoms with E-state index in [0.717, 1.165) is 36.5 Å². The number of nitrogens with zero attached hydrogens (tertiary/aromatic N) is 12. The monoisotopic (exact) mass is 1450 g/mol. The van der Waals surface area contributed by atoms with E-state index in [1.165, 1.54) is 92.5 Å². The van der Waals surface area contributed by atoms with Gasteiger partial charge in [-0.3, -0.25) is 57.6 Å². The van der Waals surface area contributed by atoms with Crippen LogP contribution in [0.1, 0.15) is 168 Å². The van der Waals surface area contributed by atoms with Crippen molar-refractivity contribution in [2.45, 2.75) is 259 Å². The third-order valence-corrected chi connectivity index (χ3v) is 20.9. The average molecular weight is 1450 g/mol. The van der Waals surface area contributed by atoms with E-state index in [0.29, 0.717) is 57.5 Å². The molecule has 30 heteroatoms. The first-order chi connectivity index (χ1) is 48.4. The molecule has 15 atom stereocenters. The van der Waals surface area contributed by atoms with E-state index < -0.39 is 167 Å². The molecule has 3 aliphatic rings. The molecule has 3 fully saturated rings. The summed E-state index contributed by atoms with van der Waals surface area (Å²) in [6.07, 6.45) is 2.71. The van der Waals surface area contributed by atoms with Gasteiger partial charge in [-0.05, 0) is 134 Å². The molecule has 1 unspecified atom stereocenters. The number of aryl methyl sites for hydroxylation is 1. The van der Waals surface area contributed by atoms with E-state index in [2.05, 4.69) is 41.5 Å². The maximum absolute atomic E-state index is 15.7. The Balaban J connectivity index is 1.65. The SMILES string of the molecule is CC[C@@H]1NC(=O)[C@H]([C@H](O)[C@H](C)CCCCCn2nnc3ncccc32)NC(=O)[C@H](C(C)C)N(C)C(=O)[C@@H]2CC(C)N(C(=O)[C@H](C)NC(=O)[C@H](CC(C)C)N(C)C(=O)[C@H](C(C)C)NC(=O)[C@H]([C@@H](C)OCCCCN3CCOCC3)N(C)C(=O)[C@@H](C)N(C)C1=O)[C@H](C)C(=O)N(C)[C@@H](CC(C)C)C(=O)N2C. The molecule has 30 nitrogen and oxygen atoms in total. The van der Waals surface area contributed by atoms with Crippen LogP contribution >= 0.6 is 0 Å². The fourth-order valence-corrected chi connectivity index (χ4v) is 14.3. The number of rotatable bonds is 22. The molecule has 0 radical (unpaired) electrons. The highest BCUT2D eigenvalue weighted by atomic mass is 16.5. The van der Waals surface area contributed by atoms with Crippen LogP contribution in [-0.4, -0.2) is 296 Å². The molecule has 2 aromatic heterocycles. The van der Waals surface area contributed by atoms with Crippen LogP contribution in [0, 0.1) is 29.6 Å². The van der Waals surface area contributed by atoms with Crippen LogP contribution in [0.15, 0.2) is 18.3 Å². The van der Waals surface area contributed by atoms with Crippen LogP contribution in [0.5, 0.6) is 0 Å². The summed E-state index contributed by atoms with van der Waals surface area (Å²) in [5.41, 5.74) is 1.30. The second-order valence-corrected chi connectivity index (χ2v) is 30.4. The lowest BCUT2D eigenvalue weighted by atomic mass is 9.91. The topological polar surface area (TPSA) is 344 Å². The number of hydrogen-bond acceptors (Lipinski definition) is 18. The van der Waals surface area contributed by atoms with Gasteiger partial charge in [0.25, 0.3) is 0 Å². The number of unbranched alkanes of at least 4 members (excludes halogenated alkanes) is 3. The fourth-order valence-electron chi connectivity index (χ4n) is 14.3. The van der Waals surface area contributed by atoms with E-state index in [9.17, 15) is 19.5 Å². The number of pyridine rings is 1. The quantitative estimate of drug-likeness (QED) is 0.106. The van der Waals surface area contributed by atoms with Gasteiger partial charge in [0.1, 0.15) is 72.0 Å². The van der Waals surface area contributed by atoms with Crippen molar-refractivity contribution in [2.75, 3.05) is 81.7 Å². The second kappa shape index (κ2) is 39.6. The standard InChI is InChI=1S/C73H124N16O14/c1-22-52-70(98)81(16)49(13)68(96)86(21)60(51(15)103-36-27-26-32-87-34-37-102-38-35-87)66(94)77-57(44(6)7)73(101)82(17)54(39-42(2)3)63(91)75-48(12)67(95)89-47(11)41-56(84(19)71(99)55(40-43(4)5)83(18)69(97)50(89)14)72(100)85(20)59(45(8)9)65(93)78-58(64(92)76-52)61(90)46(10)29-24-23-25-33-88-53-30-28-31-74-62(53)79-80-88/h28,30-31,42-52,54-61,90H,22-27,29,32-41H2,1-21H3,(H,75,91)(H,76,92)(H,77,94)(H,78,93)/t46-,47?,48+,49-,50-,51-,52+,54+,55+,56+,57+,58+,59+,60+,61-/m1/s1. The van der Waals surface area contributed by atoms with E-state index in [1.807, 2.05) is 33.8 Å². The van der Waals surface area contributed by atoms with Gasteiger partial charge in [-0.15, -0.1) is 5.10 Å².